The maximum absolute atomic E-state index is 12.8. The molecule has 0 amide bonds. The highest BCUT2D eigenvalue weighted by Gasteiger charge is 2.38. The van der Waals surface area contributed by atoms with Crippen LogP contribution >= 0.6 is 0 Å². The third-order valence-electron chi connectivity index (χ3n) is 2.76. The van der Waals surface area contributed by atoms with E-state index in [4.69, 9.17) is 0 Å². The summed E-state index contributed by atoms with van der Waals surface area (Å²) in [5, 5.41) is 22.8. The van der Waals surface area contributed by atoms with E-state index in [0.29, 0.717) is 12.1 Å². The molecule has 0 aromatic heterocycles. The first-order valence-electron chi connectivity index (χ1n) is 5.89. The number of nitrogens with zero attached hydrogens (tertiary/aromatic N) is 1. The number of anilines is 1. The largest absolute Gasteiger partial charge is 0.467 e. The van der Waals surface area contributed by atoms with Gasteiger partial charge in [-0.1, -0.05) is 0 Å². The van der Waals surface area contributed by atoms with Gasteiger partial charge in [0.05, 0.1) is 18.6 Å². The van der Waals surface area contributed by atoms with Gasteiger partial charge in [-0.05, 0) is 19.1 Å². The summed E-state index contributed by atoms with van der Waals surface area (Å²) in [5.74, 6) is -0.974. The number of alkyl halides is 3. The summed E-state index contributed by atoms with van der Waals surface area (Å²) < 4.78 is 42.7. The molecule has 0 spiro atoms. The molecule has 0 aliphatic rings. The fourth-order valence-corrected chi connectivity index (χ4v) is 1.60. The van der Waals surface area contributed by atoms with Crippen molar-refractivity contribution in [3.05, 3.63) is 33.9 Å². The Hall–Kier alpha value is -2.36. The summed E-state index contributed by atoms with van der Waals surface area (Å²) in [5.41, 5.74) is -4.62. The highest BCUT2D eigenvalue weighted by atomic mass is 19.4. The van der Waals surface area contributed by atoms with Gasteiger partial charge in [-0.25, -0.2) is 4.79 Å². The molecule has 122 valence electrons. The highest BCUT2D eigenvalue weighted by Crippen LogP contribution is 2.37. The topological polar surface area (TPSA) is 102 Å². The number of methoxy groups -OCH3 is 1. The Bertz CT molecular complexity index is 587. The first-order valence-corrected chi connectivity index (χ1v) is 5.89. The molecule has 0 fully saturated rings. The lowest BCUT2D eigenvalue weighted by Crippen LogP contribution is -2.42. The summed E-state index contributed by atoms with van der Waals surface area (Å²) in [6, 6.07) is 2.27. The van der Waals surface area contributed by atoms with Crippen molar-refractivity contribution in [3.63, 3.8) is 0 Å². The van der Waals surface area contributed by atoms with Crippen molar-refractivity contribution in [1.82, 2.24) is 0 Å². The molecule has 2 N–H and O–H groups in total. The number of carbonyl (C=O) groups is 1. The SMILES string of the molecule is COC(=O)[C@](C)(O)CNc1ccc([N+](=O)[O-])c(C(F)(F)F)c1. The van der Waals surface area contributed by atoms with Gasteiger partial charge in [-0.3, -0.25) is 10.1 Å². The molecule has 0 bridgehead atoms. The van der Waals surface area contributed by atoms with E-state index in [-0.39, 0.29) is 5.69 Å². The van der Waals surface area contributed by atoms with Crippen LogP contribution in [-0.4, -0.2) is 35.3 Å². The van der Waals surface area contributed by atoms with Crippen molar-refractivity contribution in [2.24, 2.45) is 0 Å². The highest BCUT2D eigenvalue weighted by molar-refractivity contribution is 5.79. The Kier molecular flexibility index (Phi) is 4.97. The number of carbonyl (C=O) groups excluding carboxylic acids is 1. The van der Waals surface area contributed by atoms with Gasteiger partial charge in [0.15, 0.2) is 5.60 Å². The van der Waals surface area contributed by atoms with E-state index in [2.05, 4.69) is 10.1 Å². The zero-order valence-electron chi connectivity index (χ0n) is 11.6. The van der Waals surface area contributed by atoms with E-state index in [0.717, 1.165) is 20.1 Å². The van der Waals surface area contributed by atoms with Crippen LogP contribution in [0.4, 0.5) is 24.5 Å². The van der Waals surface area contributed by atoms with Gasteiger partial charge in [-0.2, -0.15) is 13.2 Å². The van der Waals surface area contributed by atoms with Crippen LogP contribution in [0.5, 0.6) is 0 Å². The van der Waals surface area contributed by atoms with Crippen LogP contribution < -0.4 is 5.32 Å². The van der Waals surface area contributed by atoms with Crippen molar-refractivity contribution in [1.29, 1.82) is 0 Å². The molecule has 1 aromatic rings. The molecular weight excluding hydrogens is 309 g/mol. The van der Waals surface area contributed by atoms with Gasteiger partial charge >= 0.3 is 12.1 Å². The summed E-state index contributed by atoms with van der Waals surface area (Å²) >= 11 is 0. The lowest BCUT2D eigenvalue weighted by Gasteiger charge is -2.21. The molecule has 0 saturated carbocycles. The quantitative estimate of drug-likeness (QED) is 0.488. The number of rotatable bonds is 5. The van der Waals surface area contributed by atoms with Gasteiger partial charge < -0.3 is 15.2 Å². The monoisotopic (exact) mass is 322 g/mol. The Labute approximate surface area is 122 Å². The average Bonchev–Trinajstić information content (AvgIpc) is 2.42. The van der Waals surface area contributed by atoms with Gasteiger partial charge in [-0.15, -0.1) is 0 Å². The van der Waals surface area contributed by atoms with E-state index in [1.54, 1.807) is 0 Å². The molecule has 1 rings (SSSR count). The minimum atomic E-state index is -4.91. The fraction of sp³-hybridized carbons (Fsp3) is 0.417. The van der Waals surface area contributed by atoms with Crippen LogP contribution in [0, 0.1) is 10.1 Å². The van der Waals surface area contributed by atoms with E-state index >= 15 is 0 Å². The van der Waals surface area contributed by atoms with Crippen molar-refractivity contribution in [2.75, 3.05) is 19.0 Å². The molecule has 10 heteroatoms. The minimum Gasteiger partial charge on any atom is -0.467 e. The Balaban J connectivity index is 3.04. The molecule has 0 aliphatic carbocycles. The molecule has 22 heavy (non-hydrogen) atoms. The maximum atomic E-state index is 12.8. The van der Waals surface area contributed by atoms with E-state index < -0.39 is 40.5 Å². The number of halogens is 3. The first-order chi connectivity index (χ1) is 9.99. The smallest absolute Gasteiger partial charge is 0.423 e. The standard InChI is InChI=1S/C12H13F3N2O5/c1-11(19,10(18)22-2)6-16-7-3-4-9(17(20)21)8(5-7)12(13,14)15/h3-5,16,19H,6H2,1-2H3/t11-/m1/s1. The molecule has 0 aliphatic heterocycles. The number of nitrogens with one attached hydrogen (secondary N) is 1. The van der Waals surface area contributed by atoms with Crippen LogP contribution in [0.3, 0.4) is 0 Å². The number of nitro groups is 1. The molecule has 1 aromatic carbocycles. The number of hydrogen-bond donors (Lipinski definition) is 2. The van der Waals surface area contributed by atoms with E-state index in [1.807, 2.05) is 0 Å². The van der Waals surface area contributed by atoms with Crippen LogP contribution in [0.2, 0.25) is 0 Å². The van der Waals surface area contributed by atoms with Gasteiger partial charge in [0.1, 0.15) is 5.56 Å². The van der Waals surface area contributed by atoms with Crippen LogP contribution in [0.25, 0.3) is 0 Å². The third-order valence-corrected chi connectivity index (χ3v) is 2.76. The van der Waals surface area contributed by atoms with E-state index in [9.17, 15) is 33.2 Å². The number of aliphatic hydroxyl groups is 1. The normalized spacial score (nSPS) is 14.1. The van der Waals surface area contributed by atoms with Crippen LogP contribution in [0.1, 0.15) is 12.5 Å². The zero-order chi connectivity index (χ0) is 17.1. The molecule has 0 heterocycles. The second-order valence-corrected chi connectivity index (χ2v) is 4.61. The average molecular weight is 322 g/mol. The van der Waals surface area contributed by atoms with Crippen molar-refractivity contribution < 1.29 is 32.7 Å². The number of nitro benzene ring substituents is 1. The second-order valence-electron chi connectivity index (χ2n) is 4.61. The minimum absolute atomic E-state index is 0.137. The second kappa shape index (κ2) is 6.18. The van der Waals surface area contributed by atoms with E-state index in [1.165, 1.54) is 0 Å². The van der Waals surface area contributed by atoms with Gasteiger partial charge in [0, 0.05) is 11.8 Å². The Morgan fingerprint density at radius 1 is 1.45 bits per heavy atom. The molecule has 0 radical (unpaired) electrons. The van der Waals surface area contributed by atoms with Gasteiger partial charge in [0.25, 0.3) is 5.69 Å². The fourth-order valence-electron chi connectivity index (χ4n) is 1.60. The molecule has 7 nitrogen and oxygen atoms in total. The lowest BCUT2D eigenvalue weighted by molar-refractivity contribution is -0.388. The Morgan fingerprint density at radius 2 is 2.05 bits per heavy atom. The predicted molar refractivity (Wildman–Crippen MR) is 69.2 cm³/mol. The summed E-state index contributed by atoms with van der Waals surface area (Å²) in [6.07, 6.45) is -4.91. The summed E-state index contributed by atoms with van der Waals surface area (Å²) in [6.45, 7) is 0.677. The maximum Gasteiger partial charge on any atom is 0.423 e. The van der Waals surface area contributed by atoms with Crippen molar-refractivity contribution in [2.45, 2.75) is 18.7 Å². The van der Waals surface area contributed by atoms with Crippen molar-refractivity contribution in [3.8, 4) is 0 Å². The molecular formula is C12H13F3N2O5. The summed E-state index contributed by atoms with van der Waals surface area (Å²) in [7, 11) is 1.05. The number of ether oxygens (including phenoxy) is 1. The molecule has 0 unspecified atom stereocenters. The number of benzene rings is 1. The third kappa shape index (κ3) is 4.07. The molecule has 0 saturated heterocycles. The van der Waals surface area contributed by atoms with Gasteiger partial charge in [0.2, 0.25) is 0 Å². The lowest BCUT2D eigenvalue weighted by atomic mass is 10.1. The predicted octanol–water partition coefficient (Wildman–Crippen LogP) is 1.95. The van der Waals surface area contributed by atoms with Crippen LogP contribution in [-0.2, 0) is 15.7 Å². The zero-order valence-corrected chi connectivity index (χ0v) is 11.6. The first kappa shape index (κ1) is 17.7. The number of esters is 1. The number of hydrogen-bond acceptors (Lipinski definition) is 6. The molecule has 1 atom stereocenters. The van der Waals surface area contributed by atoms with Crippen molar-refractivity contribution >= 4 is 17.3 Å². The Morgan fingerprint density at radius 3 is 2.50 bits per heavy atom. The summed E-state index contributed by atoms with van der Waals surface area (Å²) in [4.78, 5) is 20.7. The van der Waals surface area contributed by atoms with Crippen LogP contribution in [0.15, 0.2) is 18.2 Å².